The maximum atomic E-state index is 13.8. The molecule has 0 spiro atoms. The van der Waals surface area contributed by atoms with Crippen LogP contribution in [0.3, 0.4) is 0 Å². The maximum Gasteiger partial charge on any atom is 0.274 e. The van der Waals surface area contributed by atoms with Crippen LogP contribution in [0.5, 0.6) is 0 Å². The molecule has 3 N–H and O–H groups in total. The van der Waals surface area contributed by atoms with Gasteiger partial charge in [0.1, 0.15) is 5.82 Å². The molecular weight excluding hydrogens is 433 g/mol. The Bertz CT molecular complexity index is 1420. The van der Waals surface area contributed by atoms with Crippen LogP contribution in [0.4, 0.5) is 4.39 Å². The van der Waals surface area contributed by atoms with Gasteiger partial charge in [-0.3, -0.25) is 14.8 Å². The van der Waals surface area contributed by atoms with Crippen LogP contribution in [0.1, 0.15) is 32.6 Å². The minimum atomic E-state index is -0.600. The fraction of sp³-hybridized carbons (Fsp3) is 0.111. The summed E-state index contributed by atoms with van der Waals surface area (Å²) in [5, 5.41) is 9.93. The van der Waals surface area contributed by atoms with E-state index in [-0.39, 0.29) is 11.7 Å². The first-order valence-electron chi connectivity index (χ1n) is 10.9. The number of H-pyrrole nitrogens is 1. The molecule has 5 rings (SSSR count). The molecule has 0 atom stereocenters. The standard InChI is InChI=1S/C27H22FN3O3/c28-22-9-7-18(8-10-22)24(14-20-15-29-25-4-2-1-3-23(20)25)27(33)31-12-11-17-5-6-19(26(32)30-34)13-21(17)16-31/h1-10,13-15,29,34H,11-12,16H2,(H,30,32)/b24-14+. The number of para-hydroxylation sites is 1. The van der Waals surface area contributed by atoms with Gasteiger partial charge in [0.15, 0.2) is 0 Å². The zero-order valence-electron chi connectivity index (χ0n) is 18.2. The van der Waals surface area contributed by atoms with Gasteiger partial charge in [0, 0.05) is 46.9 Å². The highest BCUT2D eigenvalue weighted by Gasteiger charge is 2.25. The van der Waals surface area contributed by atoms with Gasteiger partial charge < -0.3 is 9.88 Å². The van der Waals surface area contributed by atoms with Gasteiger partial charge in [-0.25, -0.2) is 9.87 Å². The van der Waals surface area contributed by atoms with Crippen molar-refractivity contribution in [2.75, 3.05) is 6.54 Å². The normalized spacial score (nSPS) is 13.6. The number of hydroxylamine groups is 1. The Morgan fingerprint density at radius 2 is 1.76 bits per heavy atom. The topological polar surface area (TPSA) is 85.4 Å². The molecule has 0 radical (unpaired) electrons. The number of halogens is 1. The van der Waals surface area contributed by atoms with Crippen LogP contribution < -0.4 is 5.48 Å². The van der Waals surface area contributed by atoms with Crippen LogP contribution in [-0.4, -0.2) is 33.5 Å². The van der Waals surface area contributed by atoms with Gasteiger partial charge in [-0.05, 0) is 59.5 Å². The molecule has 2 heterocycles. The third-order valence-corrected chi connectivity index (χ3v) is 6.18. The molecule has 3 aromatic carbocycles. The number of carbonyl (C=O) groups is 2. The molecule has 2 amide bonds. The van der Waals surface area contributed by atoms with Crippen LogP contribution in [0.2, 0.25) is 0 Å². The molecule has 170 valence electrons. The average Bonchev–Trinajstić information content (AvgIpc) is 3.29. The summed E-state index contributed by atoms with van der Waals surface area (Å²) < 4.78 is 13.6. The first kappa shape index (κ1) is 21.6. The van der Waals surface area contributed by atoms with E-state index >= 15 is 0 Å². The third kappa shape index (κ3) is 4.09. The number of aromatic nitrogens is 1. The summed E-state index contributed by atoms with van der Waals surface area (Å²) in [7, 11) is 0. The van der Waals surface area contributed by atoms with Gasteiger partial charge in [0.2, 0.25) is 0 Å². The molecular formula is C27H22FN3O3. The van der Waals surface area contributed by atoms with Crippen LogP contribution in [0.25, 0.3) is 22.6 Å². The number of hydrogen-bond donors (Lipinski definition) is 3. The average molecular weight is 455 g/mol. The Hall–Kier alpha value is -4.23. The second kappa shape index (κ2) is 8.96. The largest absolute Gasteiger partial charge is 0.361 e. The Balaban J connectivity index is 1.53. The number of fused-ring (bicyclic) bond motifs is 2. The molecule has 0 saturated heterocycles. The smallest absolute Gasteiger partial charge is 0.274 e. The Morgan fingerprint density at radius 3 is 2.56 bits per heavy atom. The third-order valence-electron chi connectivity index (χ3n) is 6.18. The van der Waals surface area contributed by atoms with Crippen LogP contribution >= 0.6 is 0 Å². The highest BCUT2D eigenvalue weighted by atomic mass is 19.1. The van der Waals surface area contributed by atoms with Crippen LogP contribution in [-0.2, 0) is 17.8 Å². The SMILES string of the molecule is O=C(NO)c1ccc2c(c1)CN(C(=O)/C(=C/c1c[nH]c3ccccc13)c1ccc(F)cc1)CC2. The number of carbonyl (C=O) groups excluding carboxylic acids is 2. The van der Waals surface area contributed by atoms with Crippen molar-refractivity contribution in [3.63, 3.8) is 0 Å². The highest BCUT2D eigenvalue weighted by molar-refractivity contribution is 6.25. The molecule has 0 aliphatic carbocycles. The lowest BCUT2D eigenvalue weighted by Crippen LogP contribution is -2.36. The van der Waals surface area contributed by atoms with Crippen molar-refractivity contribution in [2.45, 2.75) is 13.0 Å². The summed E-state index contributed by atoms with van der Waals surface area (Å²) in [4.78, 5) is 30.6. The summed E-state index contributed by atoms with van der Waals surface area (Å²) in [5.74, 6) is -1.15. The summed E-state index contributed by atoms with van der Waals surface area (Å²) in [6, 6.07) is 18.9. The zero-order chi connectivity index (χ0) is 23.7. The molecule has 0 fully saturated rings. The number of hydrogen-bond acceptors (Lipinski definition) is 3. The van der Waals surface area contributed by atoms with E-state index in [1.165, 1.54) is 12.1 Å². The highest BCUT2D eigenvalue weighted by Crippen LogP contribution is 2.28. The summed E-state index contributed by atoms with van der Waals surface area (Å²) in [6.07, 6.45) is 4.33. The fourth-order valence-corrected chi connectivity index (χ4v) is 4.37. The predicted octanol–water partition coefficient (Wildman–Crippen LogP) is 4.55. The van der Waals surface area contributed by atoms with Crippen molar-refractivity contribution in [3.05, 3.63) is 107 Å². The van der Waals surface area contributed by atoms with Gasteiger partial charge in [-0.1, -0.05) is 36.4 Å². The minimum Gasteiger partial charge on any atom is -0.361 e. The van der Waals surface area contributed by atoms with Gasteiger partial charge in [-0.15, -0.1) is 0 Å². The number of nitrogens with zero attached hydrogens (tertiary/aromatic N) is 1. The van der Waals surface area contributed by atoms with E-state index in [9.17, 15) is 14.0 Å². The van der Waals surface area contributed by atoms with Crippen molar-refractivity contribution < 1.29 is 19.2 Å². The summed E-state index contributed by atoms with van der Waals surface area (Å²) in [5.41, 5.74) is 6.78. The van der Waals surface area contributed by atoms with Crippen molar-refractivity contribution in [3.8, 4) is 0 Å². The second-order valence-electron chi connectivity index (χ2n) is 8.26. The molecule has 34 heavy (non-hydrogen) atoms. The Morgan fingerprint density at radius 1 is 1.00 bits per heavy atom. The number of amides is 2. The second-order valence-corrected chi connectivity index (χ2v) is 8.26. The maximum absolute atomic E-state index is 13.8. The lowest BCUT2D eigenvalue weighted by atomic mass is 9.95. The van der Waals surface area contributed by atoms with Gasteiger partial charge in [-0.2, -0.15) is 0 Å². The van der Waals surface area contributed by atoms with Gasteiger partial charge in [0.05, 0.1) is 0 Å². The van der Waals surface area contributed by atoms with E-state index in [1.807, 2.05) is 42.6 Å². The van der Waals surface area contributed by atoms with Crippen molar-refractivity contribution in [2.24, 2.45) is 0 Å². The number of benzene rings is 3. The molecule has 0 saturated carbocycles. The van der Waals surface area contributed by atoms with E-state index in [2.05, 4.69) is 4.98 Å². The fourth-order valence-electron chi connectivity index (χ4n) is 4.37. The van der Waals surface area contributed by atoms with Gasteiger partial charge in [0.25, 0.3) is 11.8 Å². The molecule has 1 aliphatic heterocycles. The Kier molecular flexibility index (Phi) is 5.69. The lowest BCUT2D eigenvalue weighted by molar-refractivity contribution is -0.125. The quantitative estimate of drug-likeness (QED) is 0.240. The van der Waals surface area contributed by atoms with E-state index in [1.54, 1.807) is 34.6 Å². The molecule has 6 nitrogen and oxygen atoms in total. The van der Waals surface area contributed by atoms with Crippen molar-refractivity contribution in [1.29, 1.82) is 0 Å². The molecule has 1 aromatic heterocycles. The molecule has 7 heteroatoms. The number of nitrogens with one attached hydrogen (secondary N) is 2. The van der Waals surface area contributed by atoms with Crippen molar-refractivity contribution >= 4 is 34.4 Å². The summed E-state index contributed by atoms with van der Waals surface area (Å²) >= 11 is 0. The van der Waals surface area contributed by atoms with Gasteiger partial charge >= 0.3 is 0 Å². The van der Waals surface area contributed by atoms with E-state index in [4.69, 9.17) is 5.21 Å². The molecule has 4 aromatic rings. The molecule has 0 unspecified atom stereocenters. The van der Waals surface area contributed by atoms with E-state index in [0.717, 1.165) is 27.6 Å². The van der Waals surface area contributed by atoms with Crippen molar-refractivity contribution in [1.82, 2.24) is 15.4 Å². The Labute approximate surface area is 195 Å². The number of rotatable bonds is 4. The van der Waals surface area contributed by atoms with E-state index < -0.39 is 5.91 Å². The monoisotopic (exact) mass is 455 g/mol. The molecule has 1 aliphatic rings. The number of aromatic amines is 1. The minimum absolute atomic E-state index is 0.181. The van der Waals surface area contributed by atoms with Crippen LogP contribution in [0.15, 0.2) is 72.9 Å². The summed E-state index contributed by atoms with van der Waals surface area (Å²) in [6.45, 7) is 0.844. The zero-order valence-corrected chi connectivity index (χ0v) is 18.2. The first-order valence-corrected chi connectivity index (χ1v) is 10.9. The van der Waals surface area contributed by atoms with Crippen LogP contribution in [0, 0.1) is 5.82 Å². The lowest BCUT2D eigenvalue weighted by Gasteiger charge is -2.30. The predicted molar refractivity (Wildman–Crippen MR) is 127 cm³/mol. The van der Waals surface area contributed by atoms with E-state index in [0.29, 0.717) is 36.2 Å². The molecule has 0 bridgehead atoms. The first-order chi connectivity index (χ1) is 16.5.